The molecule has 0 saturated carbocycles. The van der Waals surface area contributed by atoms with Gasteiger partial charge in [-0.1, -0.05) is 36.8 Å². The molecule has 2 aromatic carbocycles. The van der Waals surface area contributed by atoms with Crippen LogP contribution in [0.3, 0.4) is 0 Å². The van der Waals surface area contributed by atoms with Crippen molar-refractivity contribution in [1.82, 2.24) is 10.2 Å². The second kappa shape index (κ2) is 7.27. The summed E-state index contributed by atoms with van der Waals surface area (Å²) in [5.41, 5.74) is 2.94. The van der Waals surface area contributed by atoms with Crippen molar-refractivity contribution < 1.29 is 14.3 Å². The smallest absolute Gasteiger partial charge is 0.254 e. The average molecular weight is 324 g/mol. The maximum absolute atomic E-state index is 9.78. The van der Waals surface area contributed by atoms with Gasteiger partial charge in [-0.25, -0.2) is 0 Å². The third-order valence-electron chi connectivity index (χ3n) is 3.78. The molecular formula is C19H20N2O3. The van der Waals surface area contributed by atoms with E-state index < -0.39 is 6.10 Å². The minimum atomic E-state index is -0.438. The van der Waals surface area contributed by atoms with E-state index in [2.05, 4.69) is 10.2 Å². The van der Waals surface area contributed by atoms with Gasteiger partial charge < -0.3 is 14.3 Å². The second-order valence-electron chi connectivity index (χ2n) is 5.65. The van der Waals surface area contributed by atoms with E-state index in [0.717, 1.165) is 11.1 Å². The lowest BCUT2D eigenvalue weighted by molar-refractivity contribution is 0.173. The summed E-state index contributed by atoms with van der Waals surface area (Å²) in [5, 5.41) is 17.8. The first-order valence-electron chi connectivity index (χ1n) is 7.96. The summed E-state index contributed by atoms with van der Waals surface area (Å²) in [4.78, 5) is 0. The molecule has 0 fully saturated rings. The average Bonchev–Trinajstić information content (AvgIpc) is 3.09. The number of ether oxygens (including phenoxy) is 1. The zero-order valence-corrected chi connectivity index (χ0v) is 13.8. The number of hydrogen-bond acceptors (Lipinski definition) is 5. The van der Waals surface area contributed by atoms with Gasteiger partial charge >= 0.3 is 0 Å². The quantitative estimate of drug-likeness (QED) is 0.740. The van der Waals surface area contributed by atoms with Crippen molar-refractivity contribution >= 4 is 0 Å². The van der Waals surface area contributed by atoms with Gasteiger partial charge in [0.15, 0.2) is 6.61 Å². The lowest BCUT2D eigenvalue weighted by Crippen LogP contribution is -1.97. The molecule has 0 amide bonds. The molecule has 0 radical (unpaired) electrons. The topological polar surface area (TPSA) is 68.4 Å². The molecule has 1 N–H and O–H groups in total. The number of aromatic nitrogens is 2. The Labute approximate surface area is 140 Å². The molecule has 3 rings (SSSR count). The van der Waals surface area contributed by atoms with Gasteiger partial charge in [-0.05, 0) is 43.2 Å². The van der Waals surface area contributed by atoms with Gasteiger partial charge in [-0.3, -0.25) is 0 Å². The van der Waals surface area contributed by atoms with Gasteiger partial charge in [-0.2, -0.15) is 0 Å². The summed E-state index contributed by atoms with van der Waals surface area (Å²) in [6, 6.07) is 15.3. The Bertz CT molecular complexity index is 779. The Hall–Kier alpha value is -2.66. The van der Waals surface area contributed by atoms with E-state index in [9.17, 15) is 5.11 Å². The molecule has 3 aromatic rings. The van der Waals surface area contributed by atoms with Crippen LogP contribution >= 0.6 is 0 Å². The van der Waals surface area contributed by atoms with Crippen molar-refractivity contribution in [2.75, 3.05) is 0 Å². The number of aliphatic hydroxyl groups excluding tert-OH is 1. The van der Waals surface area contributed by atoms with Crippen molar-refractivity contribution in [3.63, 3.8) is 0 Å². The number of rotatable bonds is 6. The minimum Gasteiger partial charge on any atom is -0.484 e. The number of nitrogens with zero attached hydrogens (tertiary/aromatic N) is 2. The van der Waals surface area contributed by atoms with E-state index in [0.29, 0.717) is 24.0 Å². The highest BCUT2D eigenvalue weighted by molar-refractivity contribution is 5.52. The van der Waals surface area contributed by atoms with E-state index >= 15 is 0 Å². The fraction of sp³-hybridized carbons (Fsp3) is 0.263. The molecule has 0 saturated heterocycles. The minimum absolute atomic E-state index is 0.203. The van der Waals surface area contributed by atoms with E-state index in [1.807, 2.05) is 62.4 Å². The van der Waals surface area contributed by atoms with Gasteiger partial charge in [0.05, 0.1) is 6.10 Å². The fourth-order valence-corrected chi connectivity index (χ4v) is 2.29. The van der Waals surface area contributed by atoms with Crippen molar-refractivity contribution in [2.24, 2.45) is 0 Å². The zero-order valence-electron chi connectivity index (χ0n) is 13.8. The number of aryl methyl sites for hydroxylation is 1. The van der Waals surface area contributed by atoms with Gasteiger partial charge in [0.2, 0.25) is 5.89 Å². The zero-order chi connectivity index (χ0) is 16.9. The van der Waals surface area contributed by atoms with Crippen LogP contribution in [0.2, 0.25) is 0 Å². The van der Waals surface area contributed by atoms with Crippen molar-refractivity contribution in [2.45, 2.75) is 33.0 Å². The molecule has 0 bridgehead atoms. The highest BCUT2D eigenvalue weighted by atomic mass is 16.5. The molecule has 0 aliphatic heterocycles. The van der Waals surface area contributed by atoms with Crippen LogP contribution in [-0.4, -0.2) is 15.3 Å². The molecule has 1 unspecified atom stereocenters. The fourth-order valence-electron chi connectivity index (χ4n) is 2.29. The van der Waals surface area contributed by atoms with Gasteiger partial charge in [-0.15, -0.1) is 10.2 Å². The predicted molar refractivity (Wildman–Crippen MR) is 90.5 cm³/mol. The first-order chi connectivity index (χ1) is 11.7. The van der Waals surface area contributed by atoms with Gasteiger partial charge in [0.25, 0.3) is 5.89 Å². The van der Waals surface area contributed by atoms with E-state index in [-0.39, 0.29) is 6.61 Å². The Morgan fingerprint density at radius 1 is 1.04 bits per heavy atom. The summed E-state index contributed by atoms with van der Waals surface area (Å²) in [7, 11) is 0. The molecule has 124 valence electrons. The summed E-state index contributed by atoms with van der Waals surface area (Å²) in [6.07, 6.45) is 0.247. The molecule has 0 aliphatic rings. The third-order valence-corrected chi connectivity index (χ3v) is 3.78. The highest BCUT2D eigenvalue weighted by Crippen LogP contribution is 2.22. The SMILES string of the molecule is CCC(O)c1ccc(OCc2nnc(-c3ccc(C)cc3)o2)cc1. The van der Waals surface area contributed by atoms with E-state index in [1.54, 1.807) is 0 Å². The first kappa shape index (κ1) is 16.2. The van der Waals surface area contributed by atoms with Crippen LogP contribution in [0, 0.1) is 6.92 Å². The maximum atomic E-state index is 9.78. The lowest BCUT2D eigenvalue weighted by atomic mass is 10.1. The molecule has 5 nitrogen and oxygen atoms in total. The van der Waals surface area contributed by atoms with Crippen LogP contribution in [0.4, 0.5) is 0 Å². The van der Waals surface area contributed by atoms with Crippen LogP contribution in [0.5, 0.6) is 5.75 Å². The molecule has 1 aromatic heterocycles. The Morgan fingerprint density at radius 3 is 2.42 bits per heavy atom. The standard InChI is InChI=1S/C19H20N2O3/c1-3-17(22)14-8-10-16(11-9-14)23-12-18-20-21-19(24-18)15-6-4-13(2)5-7-15/h4-11,17,22H,3,12H2,1-2H3. The van der Waals surface area contributed by atoms with Gasteiger partial charge in [0, 0.05) is 5.56 Å². The molecule has 1 heterocycles. The van der Waals surface area contributed by atoms with E-state index in [4.69, 9.17) is 9.15 Å². The first-order valence-corrected chi connectivity index (χ1v) is 7.96. The number of hydrogen-bond donors (Lipinski definition) is 1. The van der Waals surface area contributed by atoms with Crippen LogP contribution in [-0.2, 0) is 6.61 Å². The lowest BCUT2D eigenvalue weighted by Gasteiger charge is -2.09. The normalized spacial score (nSPS) is 12.1. The van der Waals surface area contributed by atoms with Crippen molar-refractivity contribution in [1.29, 1.82) is 0 Å². The largest absolute Gasteiger partial charge is 0.484 e. The van der Waals surface area contributed by atoms with Crippen molar-refractivity contribution in [3.05, 3.63) is 65.5 Å². The predicted octanol–water partition coefficient (Wildman–Crippen LogP) is 4.07. The van der Waals surface area contributed by atoms with Crippen LogP contribution < -0.4 is 4.74 Å². The summed E-state index contributed by atoms with van der Waals surface area (Å²) >= 11 is 0. The summed E-state index contributed by atoms with van der Waals surface area (Å²) < 4.78 is 11.3. The van der Waals surface area contributed by atoms with E-state index in [1.165, 1.54) is 5.56 Å². The van der Waals surface area contributed by atoms with Crippen LogP contribution in [0.25, 0.3) is 11.5 Å². The van der Waals surface area contributed by atoms with Crippen molar-refractivity contribution in [3.8, 4) is 17.2 Å². The second-order valence-corrected chi connectivity index (χ2v) is 5.65. The number of aliphatic hydroxyl groups is 1. The molecule has 24 heavy (non-hydrogen) atoms. The number of benzene rings is 2. The van der Waals surface area contributed by atoms with Crippen LogP contribution in [0.15, 0.2) is 52.9 Å². The van der Waals surface area contributed by atoms with Gasteiger partial charge in [0.1, 0.15) is 5.75 Å². The molecule has 1 atom stereocenters. The molecule has 5 heteroatoms. The Balaban J connectivity index is 1.62. The third kappa shape index (κ3) is 3.81. The molecular weight excluding hydrogens is 304 g/mol. The maximum Gasteiger partial charge on any atom is 0.254 e. The molecule has 0 aliphatic carbocycles. The monoisotopic (exact) mass is 324 g/mol. The Kier molecular flexibility index (Phi) is 4.91. The Morgan fingerprint density at radius 2 is 1.75 bits per heavy atom. The highest BCUT2D eigenvalue weighted by Gasteiger charge is 2.09. The molecule has 0 spiro atoms. The summed E-state index contributed by atoms with van der Waals surface area (Å²) in [5.74, 6) is 1.59. The summed E-state index contributed by atoms with van der Waals surface area (Å²) in [6.45, 7) is 4.17. The van der Waals surface area contributed by atoms with Crippen LogP contribution in [0.1, 0.15) is 36.5 Å².